The number of fused-ring (bicyclic) bond motifs is 3. The molecule has 0 N–H and O–H groups in total. The summed E-state index contributed by atoms with van der Waals surface area (Å²) in [5.74, 6) is -5.67. The third kappa shape index (κ3) is 5.45. The molecule has 5 rings (SSSR count). The summed E-state index contributed by atoms with van der Waals surface area (Å²) < 4.78 is 73.8. The summed E-state index contributed by atoms with van der Waals surface area (Å²) in [6.07, 6.45) is 13.9. The Morgan fingerprint density at radius 3 is 2.15 bits per heavy atom. The zero-order chi connectivity index (χ0) is 27.6. The topological polar surface area (TPSA) is 18.5 Å². The summed E-state index contributed by atoms with van der Waals surface area (Å²) in [7, 11) is 0. The van der Waals surface area contributed by atoms with E-state index in [4.69, 9.17) is 9.47 Å². The van der Waals surface area contributed by atoms with Crippen LogP contribution in [0.15, 0.2) is 36.1 Å². The van der Waals surface area contributed by atoms with Crippen LogP contribution in [0.1, 0.15) is 114 Å². The first-order chi connectivity index (χ1) is 18.9. The number of halogens is 4. The standard InChI is InChI=1S/C33H40F4O2/c1-3-5-7-8-24-14-13-23(20-39-24)21-9-11-22(12-10-21)25-15-16-26-27-17-18-28(38-19-6-4-2)32(35)30(27)33(36,37)29(26)31(25)34/h15-18,20-22,24H,3-14,19H2,1-2H3. The van der Waals surface area contributed by atoms with Gasteiger partial charge in [0.05, 0.1) is 30.1 Å². The van der Waals surface area contributed by atoms with Gasteiger partial charge in [0.25, 0.3) is 0 Å². The van der Waals surface area contributed by atoms with Gasteiger partial charge in [-0.15, -0.1) is 0 Å². The molecule has 1 aliphatic heterocycles. The summed E-state index contributed by atoms with van der Waals surface area (Å²) in [5, 5.41) is 0. The van der Waals surface area contributed by atoms with Gasteiger partial charge in [-0.05, 0) is 104 Å². The minimum absolute atomic E-state index is 0.0433. The SMILES string of the molecule is CCCCCC1CCC(C2CCC(c3ccc4c(c3F)C(F)(F)c3c-4ccc(OCCCC)c3F)CC2)=CO1. The first-order valence-electron chi connectivity index (χ1n) is 14.9. The van der Waals surface area contributed by atoms with E-state index >= 15 is 17.6 Å². The molecule has 2 aliphatic carbocycles. The molecule has 6 heteroatoms. The molecule has 2 nitrogen and oxygen atoms in total. The number of hydrogen-bond donors (Lipinski definition) is 0. The lowest BCUT2D eigenvalue weighted by Crippen LogP contribution is -2.22. The zero-order valence-corrected chi connectivity index (χ0v) is 23.1. The molecule has 0 aromatic heterocycles. The van der Waals surface area contributed by atoms with Gasteiger partial charge in [-0.3, -0.25) is 0 Å². The van der Waals surface area contributed by atoms with Crippen LogP contribution in [0, 0.1) is 17.6 Å². The van der Waals surface area contributed by atoms with Gasteiger partial charge in [-0.1, -0.05) is 45.2 Å². The lowest BCUT2D eigenvalue weighted by atomic mass is 9.74. The number of unbranched alkanes of at least 4 members (excludes halogenated alkanes) is 3. The van der Waals surface area contributed by atoms with Crippen LogP contribution < -0.4 is 4.74 Å². The first-order valence-corrected chi connectivity index (χ1v) is 14.9. The molecule has 3 aliphatic rings. The maximum absolute atomic E-state index is 15.9. The largest absolute Gasteiger partial charge is 0.498 e. The van der Waals surface area contributed by atoms with Crippen molar-refractivity contribution in [3.63, 3.8) is 0 Å². The Bertz CT molecular complexity index is 1200. The van der Waals surface area contributed by atoms with Gasteiger partial charge in [0.1, 0.15) is 5.82 Å². The number of ether oxygens (including phenoxy) is 2. The van der Waals surface area contributed by atoms with E-state index in [0.717, 1.165) is 51.4 Å². The lowest BCUT2D eigenvalue weighted by molar-refractivity contribution is 0.0395. The van der Waals surface area contributed by atoms with Crippen molar-refractivity contribution < 1.29 is 27.0 Å². The lowest BCUT2D eigenvalue weighted by Gasteiger charge is -2.33. The summed E-state index contributed by atoms with van der Waals surface area (Å²) in [5.41, 5.74) is 0.305. The van der Waals surface area contributed by atoms with Crippen molar-refractivity contribution in [2.75, 3.05) is 6.61 Å². The van der Waals surface area contributed by atoms with Gasteiger partial charge in [-0.25, -0.2) is 8.78 Å². The number of hydrogen-bond acceptors (Lipinski definition) is 2. The van der Waals surface area contributed by atoms with Crippen molar-refractivity contribution in [2.24, 2.45) is 5.92 Å². The van der Waals surface area contributed by atoms with Gasteiger partial charge in [0.15, 0.2) is 11.6 Å². The fourth-order valence-corrected chi connectivity index (χ4v) is 6.64. The number of rotatable bonds is 10. The Morgan fingerprint density at radius 1 is 0.821 bits per heavy atom. The number of benzene rings is 2. The third-order valence-electron chi connectivity index (χ3n) is 8.94. The van der Waals surface area contributed by atoms with Crippen LogP contribution in [0.4, 0.5) is 17.6 Å². The second kappa shape index (κ2) is 11.9. The van der Waals surface area contributed by atoms with Gasteiger partial charge in [-0.2, -0.15) is 8.78 Å². The highest BCUT2D eigenvalue weighted by Crippen LogP contribution is 2.55. The number of alkyl halides is 2. The van der Waals surface area contributed by atoms with E-state index in [2.05, 4.69) is 6.92 Å². The highest BCUT2D eigenvalue weighted by Gasteiger charge is 2.50. The van der Waals surface area contributed by atoms with Gasteiger partial charge < -0.3 is 9.47 Å². The Hall–Kier alpha value is -2.50. The molecule has 0 spiro atoms. The normalized spacial score (nSPS) is 23.5. The average molecular weight is 545 g/mol. The summed E-state index contributed by atoms with van der Waals surface area (Å²) in [6.45, 7) is 4.41. The van der Waals surface area contributed by atoms with E-state index in [-0.39, 0.29) is 29.4 Å². The van der Waals surface area contributed by atoms with Crippen molar-refractivity contribution in [1.29, 1.82) is 0 Å². The highest BCUT2D eigenvalue weighted by atomic mass is 19.3. The monoisotopic (exact) mass is 544 g/mol. The van der Waals surface area contributed by atoms with Crippen molar-refractivity contribution >= 4 is 0 Å². The second-order valence-corrected chi connectivity index (χ2v) is 11.5. The molecule has 1 heterocycles. The van der Waals surface area contributed by atoms with E-state index in [1.807, 2.05) is 13.2 Å². The minimum atomic E-state index is -3.76. The molecule has 0 amide bonds. The van der Waals surface area contributed by atoms with E-state index < -0.39 is 28.7 Å². The van der Waals surface area contributed by atoms with Crippen LogP contribution >= 0.6 is 0 Å². The van der Waals surface area contributed by atoms with Crippen LogP contribution in [-0.4, -0.2) is 12.7 Å². The highest BCUT2D eigenvalue weighted by molar-refractivity contribution is 5.81. The predicted octanol–water partition coefficient (Wildman–Crippen LogP) is 10.2. The Kier molecular flexibility index (Phi) is 8.58. The van der Waals surface area contributed by atoms with Gasteiger partial charge in [0, 0.05) is 0 Å². The smallest absolute Gasteiger partial charge is 0.305 e. The van der Waals surface area contributed by atoms with Crippen LogP contribution in [-0.2, 0) is 10.7 Å². The molecule has 1 fully saturated rings. The Balaban J connectivity index is 1.29. The van der Waals surface area contributed by atoms with Crippen LogP contribution in [0.2, 0.25) is 0 Å². The first kappa shape index (κ1) is 28.0. The maximum Gasteiger partial charge on any atom is 0.305 e. The molecule has 1 unspecified atom stereocenters. The average Bonchev–Trinajstić information content (AvgIpc) is 3.18. The second-order valence-electron chi connectivity index (χ2n) is 11.5. The van der Waals surface area contributed by atoms with Crippen molar-refractivity contribution in [3.8, 4) is 16.9 Å². The fraction of sp³-hybridized carbons (Fsp3) is 0.576. The third-order valence-corrected chi connectivity index (χ3v) is 8.94. The van der Waals surface area contributed by atoms with Gasteiger partial charge >= 0.3 is 5.92 Å². The van der Waals surface area contributed by atoms with Crippen LogP contribution in [0.25, 0.3) is 11.1 Å². The molecule has 39 heavy (non-hydrogen) atoms. The molecule has 0 saturated heterocycles. The molecular formula is C33H40F4O2. The van der Waals surface area contributed by atoms with Crippen LogP contribution in [0.3, 0.4) is 0 Å². The molecule has 212 valence electrons. The Morgan fingerprint density at radius 2 is 1.49 bits per heavy atom. The molecule has 2 aromatic rings. The van der Waals surface area contributed by atoms with E-state index in [1.54, 1.807) is 12.1 Å². The van der Waals surface area contributed by atoms with Crippen molar-refractivity contribution in [2.45, 2.75) is 109 Å². The molecule has 0 bridgehead atoms. The molecule has 1 saturated carbocycles. The molecule has 0 radical (unpaired) electrons. The quantitative estimate of drug-likeness (QED) is 0.219. The van der Waals surface area contributed by atoms with Gasteiger partial charge in [0.2, 0.25) is 0 Å². The summed E-state index contributed by atoms with van der Waals surface area (Å²) in [4.78, 5) is 0. The van der Waals surface area contributed by atoms with Crippen LogP contribution in [0.5, 0.6) is 5.75 Å². The fourth-order valence-electron chi connectivity index (χ4n) is 6.64. The summed E-state index contributed by atoms with van der Waals surface area (Å²) in [6, 6.07) is 5.99. The minimum Gasteiger partial charge on any atom is -0.498 e. The maximum atomic E-state index is 15.9. The zero-order valence-electron chi connectivity index (χ0n) is 23.1. The number of allylic oxidation sites excluding steroid dienone is 1. The molecular weight excluding hydrogens is 504 g/mol. The molecule has 2 aromatic carbocycles. The van der Waals surface area contributed by atoms with E-state index in [9.17, 15) is 0 Å². The predicted molar refractivity (Wildman–Crippen MR) is 146 cm³/mol. The molecule has 1 atom stereocenters. The van der Waals surface area contributed by atoms with Crippen molar-refractivity contribution in [3.05, 3.63) is 64.4 Å². The van der Waals surface area contributed by atoms with E-state index in [0.29, 0.717) is 24.0 Å². The van der Waals surface area contributed by atoms with Crippen molar-refractivity contribution in [1.82, 2.24) is 0 Å². The Labute approximate surface area is 229 Å². The summed E-state index contributed by atoms with van der Waals surface area (Å²) >= 11 is 0. The van der Waals surface area contributed by atoms with E-state index in [1.165, 1.54) is 37.0 Å².